The summed E-state index contributed by atoms with van der Waals surface area (Å²) in [4.78, 5) is 13.9. The Kier molecular flexibility index (Phi) is 6.92. The van der Waals surface area contributed by atoms with Gasteiger partial charge in [0.25, 0.3) is 0 Å². The molecule has 0 unspecified atom stereocenters. The molecule has 0 saturated carbocycles. The van der Waals surface area contributed by atoms with Gasteiger partial charge in [0.1, 0.15) is 18.3 Å². The van der Waals surface area contributed by atoms with E-state index in [9.17, 15) is 23.4 Å². The normalized spacial score (nSPS) is 28.5. The number of amides is 1. The van der Waals surface area contributed by atoms with Crippen LogP contribution >= 0.6 is 11.6 Å². The second kappa shape index (κ2) is 9.04. The van der Waals surface area contributed by atoms with Crippen LogP contribution in [0.2, 0.25) is 5.02 Å². The number of ether oxygens (including phenoxy) is 2. The number of hydrogen-bond donors (Lipinski definition) is 3. The summed E-state index contributed by atoms with van der Waals surface area (Å²) in [6.07, 6.45) is -4.57. The molecule has 2 heterocycles. The number of benzene rings is 1. The summed E-state index contributed by atoms with van der Waals surface area (Å²) in [5.41, 5.74) is 0. The third-order valence-corrected chi connectivity index (χ3v) is 6.49. The van der Waals surface area contributed by atoms with Crippen LogP contribution in [0.25, 0.3) is 0 Å². The third-order valence-electron chi connectivity index (χ3n) is 4.80. The number of nitrogens with zero attached hydrogens (tertiary/aromatic N) is 1. The first-order valence-electron chi connectivity index (χ1n) is 8.90. The van der Waals surface area contributed by atoms with Gasteiger partial charge in [-0.05, 0) is 24.3 Å². The number of halogens is 1. The zero-order valence-electron chi connectivity index (χ0n) is 15.0. The Morgan fingerprint density at radius 3 is 2.39 bits per heavy atom. The van der Waals surface area contributed by atoms with Crippen molar-refractivity contribution in [3.8, 4) is 0 Å². The molecule has 4 atom stereocenters. The molecule has 156 valence electrons. The second-order valence-electron chi connectivity index (χ2n) is 6.70. The standard InChI is InChI=1S/C17H23ClN2O7S/c18-11-1-3-12(4-2-11)28(24,25)19-10-14-17(23)16(22)13(27-14)9-15(21)20-5-7-26-8-6-20/h1-4,13-14,16-17,19,22-23H,5-10H2/t13-,14+,16-,17+/m0/s1. The van der Waals surface area contributed by atoms with Gasteiger partial charge in [0.2, 0.25) is 15.9 Å². The molecule has 0 bridgehead atoms. The molecule has 1 aromatic carbocycles. The Bertz CT molecular complexity index is 783. The summed E-state index contributed by atoms with van der Waals surface area (Å²) in [6, 6.07) is 5.62. The van der Waals surface area contributed by atoms with Crippen molar-refractivity contribution in [3.63, 3.8) is 0 Å². The number of rotatable bonds is 6. The molecule has 2 saturated heterocycles. The number of aliphatic hydroxyl groups excluding tert-OH is 2. The van der Waals surface area contributed by atoms with Crippen LogP contribution < -0.4 is 4.72 Å². The van der Waals surface area contributed by atoms with E-state index in [1.54, 1.807) is 4.90 Å². The summed E-state index contributed by atoms with van der Waals surface area (Å²) in [5.74, 6) is -0.207. The summed E-state index contributed by atoms with van der Waals surface area (Å²) >= 11 is 5.76. The third kappa shape index (κ3) is 5.01. The van der Waals surface area contributed by atoms with Crippen LogP contribution in [-0.2, 0) is 24.3 Å². The number of nitrogens with one attached hydrogen (secondary N) is 1. The molecule has 3 rings (SSSR count). The zero-order chi connectivity index (χ0) is 20.3. The van der Waals surface area contributed by atoms with E-state index < -0.39 is 34.4 Å². The van der Waals surface area contributed by atoms with Crippen LogP contribution in [0.5, 0.6) is 0 Å². The van der Waals surface area contributed by atoms with Crippen LogP contribution in [0.4, 0.5) is 0 Å². The molecule has 2 aliphatic heterocycles. The molecule has 0 aromatic heterocycles. The van der Waals surface area contributed by atoms with Crippen molar-refractivity contribution in [3.05, 3.63) is 29.3 Å². The predicted molar refractivity (Wildman–Crippen MR) is 99.3 cm³/mol. The largest absolute Gasteiger partial charge is 0.388 e. The topological polar surface area (TPSA) is 125 Å². The van der Waals surface area contributed by atoms with E-state index in [2.05, 4.69) is 4.72 Å². The predicted octanol–water partition coefficient (Wildman–Crippen LogP) is -0.644. The number of morpholine rings is 1. The van der Waals surface area contributed by atoms with E-state index in [0.717, 1.165) is 0 Å². The smallest absolute Gasteiger partial charge is 0.240 e. The molecule has 9 nitrogen and oxygen atoms in total. The lowest BCUT2D eigenvalue weighted by Crippen LogP contribution is -2.43. The summed E-state index contributed by atoms with van der Waals surface area (Å²) in [7, 11) is -3.83. The fourth-order valence-electron chi connectivity index (χ4n) is 3.17. The maximum atomic E-state index is 12.3. The van der Waals surface area contributed by atoms with Crippen LogP contribution in [0.3, 0.4) is 0 Å². The highest BCUT2D eigenvalue weighted by molar-refractivity contribution is 7.89. The van der Waals surface area contributed by atoms with Crippen molar-refractivity contribution in [1.82, 2.24) is 9.62 Å². The quantitative estimate of drug-likeness (QED) is 0.543. The van der Waals surface area contributed by atoms with Gasteiger partial charge in [0, 0.05) is 24.7 Å². The maximum Gasteiger partial charge on any atom is 0.240 e. The van der Waals surface area contributed by atoms with Gasteiger partial charge in [-0.25, -0.2) is 13.1 Å². The average Bonchev–Trinajstić information content (AvgIpc) is 2.95. The lowest BCUT2D eigenvalue weighted by atomic mass is 10.1. The fraction of sp³-hybridized carbons (Fsp3) is 0.588. The first-order valence-corrected chi connectivity index (χ1v) is 10.8. The number of carbonyl (C=O) groups is 1. The summed E-state index contributed by atoms with van der Waals surface area (Å²) in [5, 5.41) is 20.8. The molecule has 28 heavy (non-hydrogen) atoms. The van der Waals surface area contributed by atoms with E-state index >= 15 is 0 Å². The van der Waals surface area contributed by atoms with Gasteiger partial charge in [-0.1, -0.05) is 11.6 Å². The molecular weight excluding hydrogens is 412 g/mol. The Morgan fingerprint density at radius 1 is 1.14 bits per heavy atom. The van der Waals surface area contributed by atoms with Crippen molar-refractivity contribution in [1.29, 1.82) is 0 Å². The highest BCUT2D eigenvalue weighted by atomic mass is 35.5. The monoisotopic (exact) mass is 434 g/mol. The van der Waals surface area contributed by atoms with Crippen molar-refractivity contribution in [2.75, 3.05) is 32.8 Å². The van der Waals surface area contributed by atoms with Crippen molar-refractivity contribution in [2.45, 2.75) is 35.7 Å². The van der Waals surface area contributed by atoms with Gasteiger partial charge in [0.05, 0.1) is 30.6 Å². The van der Waals surface area contributed by atoms with Crippen LogP contribution in [0.15, 0.2) is 29.2 Å². The average molecular weight is 435 g/mol. The van der Waals surface area contributed by atoms with Gasteiger partial charge >= 0.3 is 0 Å². The zero-order valence-corrected chi connectivity index (χ0v) is 16.6. The molecule has 0 radical (unpaired) electrons. The first kappa shape index (κ1) is 21.4. The molecular formula is C17H23ClN2O7S. The van der Waals surface area contributed by atoms with Crippen LogP contribution in [-0.4, -0.2) is 86.7 Å². The highest BCUT2D eigenvalue weighted by Crippen LogP contribution is 2.25. The Balaban J connectivity index is 1.56. The lowest BCUT2D eigenvalue weighted by molar-refractivity contribution is -0.139. The number of sulfonamides is 1. The highest BCUT2D eigenvalue weighted by Gasteiger charge is 2.44. The maximum absolute atomic E-state index is 12.3. The number of carbonyl (C=O) groups excluding carboxylic acids is 1. The number of aliphatic hydroxyl groups is 2. The van der Waals surface area contributed by atoms with E-state index in [4.69, 9.17) is 21.1 Å². The SMILES string of the molecule is O=C(C[C@@H]1O[C@H](CNS(=O)(=O)c2ccc(Cl)cc2)[C@@H](O)[C@H]1O)N1CCOCC1. The summed E-state index contributed by atoms with van der Waals surface area (Å²) in [6.45, 7) is 1.60. The molecule has 1 amide bonds. The molecule has 1 aromatic rings. The van der Waals surface area contributed by atoms with Gasteiger partial charge in [-0.2, -0.15) is 0 Å². The van der Waals surface area contributed by atoms with Gasteiger partial charge in [0.15, 0.2) is 0 Å². The van der Waals surface area contributed by atoms with Crippen LogP contribution in [0.1, 0.15) is 6.42 Å². The fourth-order valence-corrected chi connectivity index (χ4v) is 4.34. The van der Waals surface area contributed by atoms with E-state index in [1.165, 1.54) is 24.3 Å². The van der Waals surface area contributed by atoms with E-state index in [-0.39, 0.29) is 23.8 Å². The first-order chi connectivity index (χ1) is 13.3. The molecule has 0 aliphatic carbocycles. The molecule has 2 fully saturated rings. The van der Waals surface area contributed by atoms with Gasteiger partial charge < -0.3 is 24.6 Å². The Labute approximate surface area is 168 Å². The van der Waals surface area contributed by atoms with Crippen LogP contribution in [0, 0.1) is 0 Å². The minimum absolute atomic E-state index is 0.0176. The number of hydrogen-bond acceptors (Lipinski definition) is 7. The van der Waals surface area contributed by atoms with Crippen molar-refractivity contribution < 1.29 is 32.9 Å². The minimum Gasteiger partial charge on any atom is -0.388 e. The van der Waals surface area contributed by atoms with Gasteiger partial charge in [-0.3, -0.25) is 4.79 Å². The van der Waals surface area contributed by atoms with Crippen molar-refractivity contribution in [2.24, 2.45) is 0 Å². The molecule has 0 spiro atoms. The Morgan fingerprint density at radius 2 is 1.75 bits per heavy atom. The van der Waals surface area contributed by atoms with Crippen molar-refractivity contribution >= 4 is 27.5 Å². The van der Waals surface area contributed by atoms with E-state index in [1.807, 2.05) is 0 Å². The molecule has 11 heteroatoms. The minimum atomic E-state index is -3.83. The molecule has 2 aliphatic rings. The molecule has 3 N–H and O–H groups in total. The lowest BCUT2D eigenvalue weighted by Gasteiger charge is -2.28. The van der Waals surface area contributed by atoms with Gasteiger partial charge in [-0.15, -0.1) is 0 Å². The summed E-state index contributed by atoms with van der Waals surface area (Å²) < 4.78 is 37.8. The second-order valence-corrected chi connectivity index (χ2v) is 8.90. The van der Waals surface area contributed by atoms with E-state index in [0.29, 0.717) is 31.3 Å². The Hall–Kier alpha value is -1.27.